The van der Waals surface area contributed by atoms with E-state index in [1.165, 1.54) is 4.90 Å². The molecule has 2 rings (SSSR count). The summed E-state index contributed by atoms with van der Waals surface area (Å²) in [6, 6.07) is 15.0. The molecule has 0 aromatic heterocycles. The summed E-state index contributed by atoms with van der Waals surface area (Å²) in [5.41, 5.74) is 1.07. The van der Waals surface area contributed by atoms with Crippen molar-refractivity contribution in [1.82, 2.24) is 5.32 Å². The van der Waals surface area contributed by atoms with Crippen LogP contribution in [0.2, 0.25) is 5.02 Å². The molecule has 0 heterocycles. The average Bonchev–Trinajstić information content (AvgIpc) is 2.54. The molecular formula is C17H18ClNO2S. The van der Waals surface area contributed by atoms with Gasteiger partial charge in [-0.05, 0) is 55.1 Å². The van der Waals surface area contributed by atoms with E-state index in [1.807, 2.05) is 37.4 Å². The number of nitrogens with one attached hydrogen (secondary N) is 1. The van der Waals surface area contributed by atoms with Gasteiger partial charge in [-0.15, -0.1) is 11.8 Å². The molecule has 0 aliphatic rings. The van der Waals surface area contributed by atoms with Gasteiger partial charge in [-0.3, -0.25) is 4.79 Å². The second-order valence-corrected chi connectivity index (χ2v) is 6.12. The molecule has 2 aromatic carbocycles. The van der Waals surface area contributed by atoms with Gasteiger partial charge >= 0.3 is 0 Å². The summed E-state index contributed by atoms with van der Waals surface area (Å²) in [6.45, 7) is 1.93. The Morgan fingerprint density at radius 3 is 2.41 bits per heavy atom. The molecule has 0 unspecified atom stereocenters. The lowest BCUT2D eigenvalue weighted by Crippen LogP contribution is -2.31. The zero-order valence-electron chi connectivity index (χ0n) is 12.5. The van der Waals surface area contributed by atoms with Crippen molar-refractivity contribution >= 4 is 29.3 Å². The first-order valence-corrected chi connectivity index (χ1v) is 8.50. The Bertz CT molecular complexity index is 614. The molecule has 5 heteroatoms. The number of rotatable bonds is 6. The van der Waals surface area contributed by atoms with E-state index in [0.717, 1.165) is 5.56 Å². The maximum atomic E-state index is 11.9. The molecule has 0 spiro atoms. The summed E-state index contributed by atoms with van der Waals surface area (Å²) in [5, 5.41) is 3.56. The highest BCUT2D eigenvalue weighted by Crippen LogP contribution is 2.19. The Hall–Kier alpha value is -1.65. The van der Waals surface area contributed by atoms with E-state index < -0.39 is 0 Å². The maximum absolute atomic E-state index is 11.9. The minimum absolute atomic E-state index is 0.0190. The van der Waals surface area contributed by atoms with Gasteiger partial charge in [0, 0.05) is 9.92 Å². The van der Waals surface area contributed by atoms with Crippen LogP contribution in [0.4, 0.5) is 0 Å². The summed E-state index contributed by atoms with van der Waals surface area (Å²) in [4.78, 5) is 13.1. The molecule has 0 fully saturated rings. The first kappa shape index (κ1) is 16.7. The van der Waals surface area contributed by atoms with Crippen LogP contribution in [0.25, 0.3) is 0 Å². The van der Waals surface area contributed by atoms with Crippen molar-refractivity contribution in [2.75, 3.05) is 12.9 Å². The number of carbonyl (C=O) groups is 1. The minimum Gasteiger partial charge on any atom is -0.484 e. The predicted molar refractivity (Wildman–Crippen MR) is 91.7 cm³/mol. The lowest BCUT2D eigenvalue weighted by molar-refractivity contribution is -0.123. The van der Waals surface area contributed by atoms with Crippen LogP contribution in [0.1, 0.15) is 18.5 Å². The highest BCUT2D eigenvalue weighted by atomic mass is 35.5. The first-order chi connectivity index (χ1) is 10.6. The van der Waals surface area contributed by atoms with E-state index in [9.17, 15) is 4.79 Å². The third-order valence-corrected chi connectivity index (χ3v) is 4.17. The van der Waals surface area contributed by atoms with E-state index in [1.54, 1.807) is 36.0 Å². The number of hydrogen-bond acceptors (Lipinski definition) is 3. The predicted octanol–water partition coefficient (Wildman–Crippen LogP) is 4.32. The molecule has 1 amide bonds. The van der Waals surface area contributed by atoms with Crippen molar-refractivity contribution in [2.24, 2.45) is 0 Å². The zero-order valence-corrected chi connectivity index (χ0v) is 14.1. The van der Waals surface area contributed by atoms with Gasteiger partial charge in [0.05, 0.1) is 6.04 Å². The van der Waals surface area contributed by atoms with Crippen molar-refractivity contribution < 1.29 is 9.53 Å². The van der Waals surface area contributed by atoms with Gasteiger partial charge < -0.3 is 10.1 Å². The monoisotopic (exact) mass is 335 g/mol. The fourth-order valence-electron chi connectivity index (χ4n) is 1.94. The molecule has 0 aliphatic carbocycles. The molecule has 116 valence electrons. The molecule has 1 atom stereocenters. The van der Waals surface area contributed by atoms with E-state index in [0.29, 0.717) is 10.8 Å². The zero-order chi connectivity index (χ0) is 15.9. The summed E-state index contributed by atoms with van der Waals surface area (Å²) >= 11 is 7.49. The lowest BCUT2D eigenvalue weighted by atomic mass is 10.1. The van der Waals surface area contributed by atoms with Crippen LogP contribution in [-0.4, -0.2) is 18.8 Å². The number of halogens is 1. The van der Waals surface area contributed by atoms with E-state index in [-0.39, 0.29) is 18.6 Å². The Labute approximate surface area is 140 Å². The van der Waals surface area contributed by atoms with Gasteiger partial charge in [-0.25, -0.2) is 0 Å². The van der Waals surface area contributed by atoms with Crippen molar-refractivity contribution in [3.8, 4) is 5.75 Å². The third-order valence-electron chi connectivity index (χ3n) is 3.18. The van der Waals surface area contributed by atoms with Gasteiger partial charge in [0.1, 0.15) is 5.75 Å². The molecule has 1 N–H and O–H groups in total. The van der Waals surface area contributed by atoms with Crippen LogP contribution in [0, 0.1) is 0 Å². The SMILES string of the molecule is CSc1ccc([C@H](C)NC(=O)COc2ccc(Cl)cc2)cc1. The number of hydrogen-bond donors (Lipinski definition) is 1. The van der Waals surface area contributed by atoms with Gasteiger partial charge in [0.2, 0.25) is 0 Å². The van der Waals surface area contributed by atoms with Crippen molar-refractivity contribution in [3.63, 3.8) is 0 Å². The summed E-state index contributed by atoms with van der Waals surface area (Å²) in [6.07, 6.45) is 2.04. The fraction of sp³-hybridized carbons (Fsp3) is 0.235. The van der Waals surface area contributed by atoms with Gasteiger partial charge in [0.15, 0.2) is 6.61 Å². The highest BCUT2D eigenvalue weighted by molar-refractivity contribution is 7.98. The third kappa shape index (κ3) is 4.97. The second kappa shape index (κ2) is 8.11. The van der Waals surface area contributed by atoms with Gasteiger partial charge in [-0.2, -0.15) is 0 Å². The van der Waals surface area contributed by atoms with Gasteiger partial charge in [-0.1, -0.05) is 23.7 Å². The molecule has 22 heavy (non-hydrogen) atoms. The first-order valence-electron chi connectivity index (χ1n) is 6.90. The smallest absolute Gasteiger partial charge is 0.258 e. The van der Waals surface area contributed by atoms with Crippen molar-refractivity contribution in [1.29, 1.82) is 0 Å². The Balaban J connectivity index is 1.83. The van der Waals surface area contributed by atoms with Crippen LogP contribution >= 0.6 is 23.4 Å². The normalized spacial score (nSPS) is 11.8. The van der Waals surface area contributed by atoms with Crippen molar-refractivity contribution in [2.45, 2.75) is 17.9 Å². The molecule has 0 saturated heterocycles. The summed E-state index contributed by atoms with van der Waals surface area (Å²) in [5.74, 6) is 0.466. The molecule has 0 bridgehead atoms. The summed E-state index contributed by atoms with van der Waals surface area (Å²) in [7, 11) is 0. The van der Waals surface area contributed by atoms with Crippen LogP contribution in [0.3, 0.4) is 0 Å². The highest BCUT2D eigenvalue weighted by Gasteiger charge is 2.10. The van der Waals surface area contributed by atoms with E-state index in [4.69, 9.17) is 16.3 Å². The Morgan fingerprint density at radius 1 is 1.18 bits per heavy atom. The number of benzene rings is 2. The maximum Gasteiger partial charge on any atom is 0.258 e. The van der Waals surface area contributed by atoms with Crippen molar-refractivity contribution in [3.05, 3.63) is 59.1 Å². The van der Waals surface area contributed by atoms with E-state index in [2.05, 4.69) is 5.32 Å². The molecule has 0 radical (unpaired) electrons. The van der Waals surface area contributed by atoms with Crippen LogP contribution in [0.5, 0.6) is 5.75 Å². The van der Waals surface area contributed by atoms with Crippen LogP contribution in [0.15, 0.2) is 53.4 Å². The molecule has 0 saturated carbocycles. The van der Waals surface area contributed by atoms with E-state index >= 15 is 0 Å². The standard InChI is InChI=1S/C17H18ClNO2S/c1-12(13-3-9-16(22-2)10-4-13)19-17(20)11-21-15-7-5-14(18)6-8-15/h3-10,12H,11H2,1-2H3,(H,19,20)/t12-/m0/s1. The van der Waals surface area contributed by atoms with Crippen LogP contribution < -0.4 is 10.1 Å². The Morgan fingerprint density at radius 2 is 1.82 bits per heavy atom. The molecule has 0 aliphatic heterocycles. The topological polar surface area (TPSA) is 38.3 Å². The number of thioether (sulfide) groups is 1. The molecular weight excluding hydrogens is 318 g/mol. The minimum atomic E-state index is -0.156. The molecule has 2 aromatic rings. The molecule has 3 nitrogen and oxygen atoms in total. The quantitative estimate of drug-likeness (QED) is 0.799. The largest absolute Gasteiger partial charge is 0.484 e. The van der Waals surface area contributed by atoms with Crippen LogP contribution in [-0.2, 0) is 4.79 Å². The second-order valence-electron chi connectivity index (χ2n) is 4.80. The number of amides is 1. The number of carbonyl (C=O) groups excluding carboxylic acids is 1. The average molecular weight is 336 g/mol. The van der Waals surface area contributed by atoms with Gasteiger partial charge in [0.25, 0.3) is 5.91 Å². The lowest BCUT2D eigenvalue weighted by Gasteiger charge is -2.15. The fourth-order valence-corrected chi connectivity index (χ4v) is 2.47. The summed E-state index contributed by atoms with van der Waals surface area (Å²) < 4.78 is 5.42. The Kier molecular flexibility index (Phi) is 6.16. The number of ether oxygens (including phenoxy) is 1.